The van der Waals surface area contributed by atoms with Gasteiger partial charge in [-0.3, -0.25) is 9.59 Å². The lowest BCUT2D eigenvalue weighted by Crippen LogP contribution is -2.21. The predicted molar refractivity (Wildman–Crippen MR) is 91.7 cm³/mol. The number of hydrogen-bond acceptors (Lipinski definition) is 3. The fourth-order valence-corrected chi connectivity index (χ4v) is 2.19. The third-order valence-corrected chi connectivity index (χ3v) is 3.41. The second kappa shape index (κ2) is 8.41. The standard InChI is InChI=1S/C18H14F6N2O3/c1-10(27)25-13-5-2-11(3-6-13)16(28)26-14-8-12(18(22,23)24)4-7-15(14)29-9-17(19,20)21/h2-8H,9H2,1H3,(H,25,27)(H,26,28). The molecule has 0 spiro atoms. The van der Waals surface area contributed by atoms with Crippen molar-refractivity contribution in [2.45, 2.75) is 19.3 Å². The van der Waals surface area contributed by atoms with Gasteiger partial charge in [0.15, 0.2) is 6.61 Å². The van der Waals surface area contributed by atoms with Crippen molar-refractivity contribution in [3.8, 4) is 5.75 Å². The normalized spacial score (nSPS) is 11.7. The molecule has 5 nitrogen and oxygen atoms in total. The SMILES string of the molecule is CC(=O)Nc1ccc(C(=O)Nc2cc(C(F)(F)F)ccc2OCC(F)(F)F)cc1. The number of alkyl halides is 6. The zero-order valence-electron chi connectivity index (χ0n) is 14.7. The second-order valence-electron chi connectivity index (χ2n) is 5.83. The molecule has 29 heavy (non-hydrogen) atoms. The number of carbonyl (C=O) groups excluding carboxylic acids is 2. The molecular formula is C18H14F6N2O3. The van der Waals surface area contributed by atoms with E-state index in [-0.39, 0.29) is 11.5 Å². The molecule has 0 aliphatic heterocycles. The molecule has 0 heterocycles. The fourth-order valence-electron chi connectivity index (χ4n) is 2.19. The number of anilines is 2. The average molecular weight is 420 g/mol. The van der Waals surface area contributed by atoms with E-state index in [1.807, 2.05) is 0 Å². The molecule has 0 aliphatic rings. The summed E-state index contributed by atoms with van der Waals surface area (Å²) >= 11 is 0. The van der Waals surface area contributed by atoms with Crippen molar-refractivity contribution in [2.24, 2.45) is 0 Å². The Balaban J connectivity index is 2.27. The van der Waals surface area contributed by atoms with Crippen LogP contribution in [0.4, 0.5) is 37.7 Å². The summed E-state index contributed by atoms with van der Waals surface area (Å²) in [7, 11) is 0. The molecular weight excluding hydrogens is 406 g/mol. The van der Waals surface area contributed by atoms with Crippen molar-refractivity contribution >= 4 is 23.2 Å². The van der Waals surface area contributed by atoms with Gasteiger partial charge in [0.2, 0.25) is 5.91 Å². The number of benzene rings is 2. The van der Waals surface area contributed by atoms with Gasteiger partial charge in [0.05, 0.1) is 11.3 Å². The number of nitrogens with one attached hydrogen (secondary N) is 2. The van der Waals surface area contributed by atoms with Crippen molar-refractivity contribution in [1.29, 1.82) is 0 Å². The topological polar surface area (TPSA) is 67.4 Å². The third kappa shape index (κ3) is 6.70. The summed E-state index contributed by atoms with van der Waals surface area (Å²) in [6, 6.07) is 7.05. The Morgan fingerprint density at radius 3 is 2.07 bits per heavy atom. The number of rotatable bonds is 5. The number of hydrogen-bond donors (Lipinski definition) is 2. The minimum atomic E-state index is -4.78. The maximum Gasteiger partial charge on any atom is 0.422 e. The summed E-state index contributed by atoms with van der Waals surface area (Å²) in [5, 5.41) is 4.58. The van der Waals surface area contributed by atoms with Gasteiger partial charge in [0.25, 0.3) is 5.91 Å². The van der Waals surface area contributed by atoms with E-state index in [4.69, 9.17) is 0 Å². The van der Waals surface area contributed by atoms with Gasteiger partial charge in [0, 0.05) is 18.2 Å². The highest BCUT2D eigenvalue weighted by Crippen LogP contribution is 2.36. The van der Waals surface area contributed by atoms with Crippen LogP contribution in [-0.2, 0) is 11.0 Å². The predicted octanol–water partition coefficient (Wildman–Crippen LogP) is 4.86. The van der Waals surface area contributed by atoms with Crippen LogP contribution in [0.5, 0.6) is 5.75 Å². The van der Waals surface area contributed by atoms with Gasteiger partial charge in [0.1, 0.15) is 5.75 Å². The molecule has 0 aliphatic carbocycles. The maximum absolute atomic E-state index is 12.9. The number of amides is 2. The first kappa shape index (κ1) is 22.1. The van der Waals surface area contributed by atoms with E-state index in [9.17, 15) is 35.9 Å². The summed E-state index contributed by atoms with van der Waals surface area (Å²) in [5.41, 5.74) is -1.37. The maximum atomic E-state index is 12.9. The molecule has 2 rings (SSSR count). The van der Waals surface area contributed by atoms with Crippen LogP contribution < -0.4 is 15.4 Å². The van der Waals surface area contributed by atoms with E-state index in [0.29, 0.717) is 23.9 Å². The smallest absolute Gasteiger partial charge is 0.422 e. The van der Waals surface area contributed by atoms with Crippen LogP contribution in [0.1, 0.15) is 22.8 Å². The van der Waals surface area contributed by atoms with E-state index in [0.717, 1.165) is 0 Å². The Bertz CT molecular complexity index is 892. The van der Waals surface area contributed by atoms with Gasteiger partial charge in [-0.15, -0.1) is 0 Å². The van der Waals surface area contributed by atoms with Crippen molar-refractivity contribution in [3.63, 3.8) is 0 Å². The van der Waals surface area contributed by atoms with Gasteiger partial charge in [-0.1, -0.05) is 0 Å². The molecule has 0 aromatic heterocycles. The molecule has 2 aromatic carbocycles. The molecule has 0 atom stereocenters. The molecule has 0 saturated carbocycles. The van der Waals surface area contributed by atoms with Crippen LogP contribution in [0.2, 0.25) is 0 Å². The van der Waals surface area contributed by atoms with E-state index in [1.54, 1.807) is 0 Å². The summed E-state index contributed by atoms with van der Waals surface area (Å²) in [5.74, 6) is -1.80. The monoisotopic (exact) mass is 420 g/mol. The Morgan fingerprint density at radius 1 is 0.931 bits per heavy atom. The Labute approximate surface area is 160 Å². The lowest BCUT2D eigenvalue weighted by Gasteiger charge is -2.16. The van der Waals surface area contributed by atoms with Crippen LogP contribution in [0.25, 0.3) is 0 Å². The highest BCUT2D eigenvalue weighted by molar-refractivity contribution is 6.05. The van der Waals surface area contributed by atoms with Crippen molar-refractivity contribution in [2.75, 3.05) is 17.2 Å². The quantitative estimate of drug-likeness (QED) is 0.680. The lowest BCUT2D eigenvalue weighted by atomic mass is 10.1. The zero-order chi connectivity index (χ0) is 21.8. The second-order valence-corrected chi connectivity index (χ2v) is 5.83. The molecule has 0 saturated heterocycles. The largest absolute Gasteiger partial charge is 0.482 e. The first-order valence-corrected chi connectivity index (χ1v) is 7.95. The fraction of sp³-hybridized carbons (Fsp3) is 0.222. The van der Waals surface area contributed by atoms with Gasteiger partial charge >= 0.3 is 12.4 Å². The Hall–Kier alpha value is -3.24. The third-order valence-electron chi connectivity index (χ3n) is 3.41. The van der Waals surface area contributed by atoms with Gasteiger partial charge in [-0.2, -0.15) is 26.3 Å². The molecule has 0 radical (unpaired) electrons. The summed E-state index contributed by atoms with van der Waals surface area (Å²) in [4.78, 5) is 23.3. The molecule has 0 unspecified atom stereocenters. The average Bonchev–Trinajstić information content (AvgIpc) is 2.59. The van der Waals surface area contributed by atoms with E-state index >= 15 is 0 Å². The number of carbonyl (C=O) groups is 2. The molecule has 156 valence electrons. The molecule has 0 fully saturated rings. The molecule has 11 heteroatoms. The highest BCUT2D eigenvalue weighted by atomic mass is 19.4. The van der Waals surface area contributed by atoms with E-state index < -0.39 is 41.9 Å². The number of ether oxygens (including phenoxy) is 1. The van der Waals surface area contributed by atoms with Crippen LogP contribution in [0.3, 0.4) is 0 Å². The van der Waals surface area contributed by atoms with Crippen molar-refractivity contribution < 1.29 is 40.7 Å². The van der Waals surface area contributed by atoms with E-state index in [1.165, 1.54) is 31.2 Å². The Morgan fingerprint density at radius 2 is 1.55 bits per heavy atom. The number of halogens is 6. The zero-order valence-corrected chi connectivity index (χ0v) is 14.7. The summed E-state index contributed by atoms with van der Waals surface area (Å²) in [6.07, 6.45) is -9.49. The van der Waals surface area contributed by atoms with Crippen LogP contribution in [0.15, 0.2) is 42.5 Å². The molecule has 2 amide bonds. The van der Waals surface area contributed by atoms with Crippen LogP contribution in [0, 0.1) is 0 Å². The Kier molecular flexibility index (Phi) is 6.40. The van der Waals surface area contributed by atoms with Gasteiger partial charge < -0.3 is 15.4 Å². The summed E-state index contributed by atoms with van der Waals surface area (Å²) < 4.78 is 80.4. The van der Waals surface area contributed by atoms with Crippen molar-refractivity contribution in [3.05, 3.63) is 53.6 Å². The van der Waals surface area contributed by atoms with Crippen LogP contribution >= 0.6 is 0 Å². The first-order chi connectivity index (χ1) is 13.3. The molecule has 2 aromatic rings. The van der Waals surface area contributed by atoms with Crippen LogP contribution in [-0.4, -0.2) is 24.6 Å². The minimum absolute atomic E-state index is 0.00159. The van der Waals surface area contributed by atoms with Gasteiger partial charge in [-0.25, -0.2) is 0 Å². The molecule has 2 N–H and O–H groups in total. The lowest BCUT2D eigenvalue weighted by molar-refractivity contribution is -0.153. The summed E-state index contributed by atoms with van der Waals surface area (Å²) in [6.45, 7) is -0.469. The van der Waals surface area contributed by atoms with Crippen molar-refractivity contribution in [1.82, 2.24) is 0 Å². The highest BCUT2D eigenvalue weighted by Gasteiger charge is 2.33. The van der Waals surface area contributed by atoms with Gasteiger partial charge in [-0.05, 0) is 42.5 Å². The first-order valence-electron chi connectivity index (χ1n) is 7.95. The molecule has 0 bridgehead atoms. The van der Waals surface area contributed by atoms with E-state index in [2.05, 4.69) is 15.4 Å². The minimum Gasteiger partial charge on any atom is -0.482 e.